The van der Waals surface area contributed by atoms with Gasteiger partial charge in [-0.3, -0.25) is 9.11 Å². The first-order valence-corrected chi connectivity index (χ1v) is 11.9. The molecule has 0 aliphatic heterocycles. The van der Waals surface area contributed by atoms with Gasteiger partial charge in [0.2, 0.25) is 20.8 Å². The van der Waals surface area contributed by atoms with Crippen molar-refractivity contribution in [2.24, 2.45) is 0 Å². The molecule has 2 N–H and O–H groups in total. The van der Waals surface area contributed by atoms with Crippen molar-refractivity contribution in [1.82, 2.24) is 0 Å². The van der Waals surface area contributed by atoms with E-state index in [9.17, 15) is 0 Å². The summed E-state index contributed by atoms with van der Waals surface area (Å²) in [5.74, 6) is 0. The Morgan fingerprint density at radius 1 is 0.700 bits per heavy atom. The lowest BCUT2D eigenvalue weighted by molar-refractivity contribution is -0.697. The van der Waals surface area contributed by atoms with Crippen LogP contribution in [0, 0.1) is 0 Å². The Morgan fingerprint density at radius 2 is 0.933 bits per heavy atom. The zero-order valence-corrected chi connectivity index (χ0v) is 18.5. The van der Waals surface area contributed by atoms with Gasteiger partial charge in [-0.05, 0) is 11.1 Å². The van der Waals surface area contributed by atoms with Gasteiger partial charge in [-0.1, -0.05) is 26.7 Å². The van der Waals surface area contributed by atoms with Crippen molar-refractivity contribution in [3.63, 3.8) is 0 Å². The average Bonchev–Trinajstić information content (AvgIpc) is 2.63. The predicted molar refractivity (Wildman–Crippen MR) is 107 cm³/mol. The second-order valence-electron chi connectivity index (χ2n) is 6.21. The molecule has 0 saturated carbocycles. The SMILES string of the molecule is CCCC[n+]1ccc(-c2cc[n+](CCCC)cc2)cc1.O=S(=O)([O-])O.O=S(=O)([O-])O. The Bertz CT molecular complexity index is 834. The second kappa shape index (κ2) is 14.1. The Labute approximate surface area is 178 Å². The van der Waals surface area contributed by atoms with Crippen molar-refractivity contribution in [1.29, 1.82) is 0 Å². The zero-order chi connectivity index (χ0) is 23.2. The summed E-state index contributed by atoms with van der Waals surface area (Å²) < 4.78 is 70.2. The smallest absolute Gasteiger partial charge is 0.215 e. The molecule has 0 aromatic carbocycles. The number of pyridine rings is 2. The highest BCUT2D eigenvalue weighted by Crippen LogP contribution is 2.15. The number of aromatic nitrogens is 2. The van der Waals surface area contributed by atoms with E-state index in [1.54, 1.807) is 0 Å². The quantitative estimate of drug-likeness (QED) is 0.354. The van der Waals surface area contributed by atoms with Gasteiger partial charge in [-0.2, -0.15) is 0 Å². The lowest BCUT2D eigenvalue weighted by Gasteiger charge is -2.01. The highest BCUT2D eigenvalue weighted by molar-refractivity contribution is 7.80. The molecule has 0 saturated heterocycles. The highest BCUT2D eigenvalue weighted by Gasteiger charge is 2.05. The number of nitrogens with zero attached hydrogens (tertiary/aromatic N) is 2. The molecule has 0 spiro atoms. The lowest BCUT2D eigenvalue weighted by Crippen LogP contribution is -2.32. The van der Waals surface area contributed by atoms with Gasteiger partial charge in [0.05, 0.1) is 0 Å². The highest BCUT2D eigenvalue weighted by atomic mass is 32.3. The molecule has 0 fully saturated rings. The van der Waals surface area contributed by atoms with Crippen LogP contribution in [-0.4, -0.2) is 35.0 Å². The van der Waals surface area contributed by atoms with E-state index in [4.69, 9.17) is 35.0 Å². The summed E-state index contributed by atoms with van der Waals surface area (Å²) in [5, 5.41) is 0. The van der Waals surface area contributed by atoms with Gasteiger partial charge in [0, 0.05) is 37.1 Å². The Balaban J connectivity index is 0.000000702. The van der Waals surface area contributed by atoms with E-state index in [2.05, 4.69) is 72.0 Å². The molecule has 2 rings (SSSR count). The molecule has 0 unspecified atom stereocenters. The predicted octanol–water partition coefficient (Wildman–Crippen LogP) is 1.54. The molecule has 0 radical (unpaired) electrons. The van der Waals surface area contributed by atoms with Crippen LogP contribution in [0.4, 0.5) is 0 Å². The van der Waals surface area contributed by atoms with Crippen LogP contribution in [0.5, 0.6) is 0 Å². The number of rotatable bonds is 7. The molecule has 170 valence electrons. The Morgan fingerprint density at radius 3 is 1.13 bits per heavy atom. The monoisotopic (exact) mass is 464 g/mol. The molecule has 0 aliphatic rings. The van der Waals surface area contributed by atoms with Crippen LogP contribution >= 0.6 is 0 Å². The maximum absolute atomic E-state index is 8.63. The molecular weight excluding hydrogens is 436 g/mol. The third-order valence-corrected chi connectivity index (χ3v) is 3.66. The third kappa shape index (κ3) is 18.1. The molecule has 2 heterocycles. The minimum absolute atomic E-state index is 1.11. The normalized spacial score (nSPS) is 11.0. The first kappa shape index (κ1) is 28.0. The van der Waals surface area contributed by atoms with Crippen molar-refractivity contribution >= 4 is 20.8 Å². The van der Waals surface area contributed by atoms with Crippen LogP contribution in [0.25, 0.3) is 11.1 Å². The fourth-order valence-electron chi connectivity index (χ4n) is 2.28. The van der Waals surface area contributed by atoms with E-state index in [0.717, 1.165) is 13.1 Å². The topological polar surface area (TPSA) is 163 Å². The molecule has 0 bridgehead atoms. The van der Waals surface area contributed by atoms with Crippen LogP contribution < -0.4 is 9.13 Å². The van der Waals surface area contributed by atoms with Crippen LogP contribution in [0.3, 0.4) is 0 Å². The average molecular weight is 465 g/mol. The lowest BCUT2D eigenvalue weighted by atomic mass is 10.1. The number of hydrogen-bond donors (Lipinski definition) is 2. The van der Waals surface area contributed by atoms with Gasteiger partial charge in [0.1, 0.15) is 13.1 Å². The first-order chi connectivity index (χ1) is 13.8. The summed E-state index contributed by atoms with van der Waals surface area (Å²) in [4.78, 5) is 0. The minimum atomic E-state index is -4.92. The van der Waals surface area contributed by atoms with Crippen molar-refractivity contribution in [3.05, 3.63) is 49.1 Å². The summed E-state index contributed by atoms with van der Waals surface area (Å²) >= 11 is 0. The fourth-order valence-corrected chi connectivity index (χ4v) is 2.28. The van der Waals surface area contributed by atoms with E-state index >= 15 is 0 Å². The van der Waals surface area contributed by atoms with Crippen molar-refractivity contribution in [3.8, 4) is 11.1 Å². The molecule has 0 atom stereocenters. The first-order valence-electron chi connectivity index (χ1n) is 9.18. The molecule has 2 aromatic heterocycles. The van der Waals surface area contributed by atoms with Crippen LogP contribution in [0.1, 0.15) is 39.5 Å². The summed E-state index contributed by atoms with van der Waals surface area (Å²) in [6, 6.07) is 8.84. The molecule has 12 heteroatoms. The Kier molecular flexibility index (Phi) is 13.2. The van der Waals surface area contributed by atoms with Gasteiger partial charge in [-0.25, -0.2) is 26.0 Å². The molecular formula is C18H28N2O8S2. The van der Waals surface area contributed by atoms with Crippen molar-refractivity contribution < 1.29 is 44.2 Å². The number of hydrogen-bond acceptors (Lipinski definition) is 6. The van der Waals surface area contributed by atoms with Gasteiger partial charge in [0.15, 0.2) is 24.8 Å². The standard InChI is InChI=1S/C18H26N2.2H2O4S/c1-3-5-11-19-13-7-17(8-14-19)18-9-15-20(16-10-18)12-6-4-2;2*1-5(2,3)4/h7-10,13-16H,3-6,11-12H2,1-2H3;2*(H2,1,2,3,4)/q+2;;/p-2. The fraction of sp³-hybridized carbons (Fsp3) is 0.444. The van der Waals surface area contributed by atoms with E-state index in [1.807, 2.05) is 0 Å². The van der Waals surface area contributed by atoms with Gasteiger partial charge in [-0.15, -0.1) is 0 Å². The number of unbranched alkanes of at least 4 members (excludes halogenated alkanes) is 2. The van der Waals surface area contributed by atoms with Gasteiger partial charge in [0.25, 0.3) is 0 Å². The zero-order valence-electron chi connectivity index (χ0n) is 16.9. The van der Waals surface area contributed by atoms with Crippen LogP contribution in [0.15, 0.2) is 49.1 Å². The maximum atomic E-state index is 8.63. The van der Waals surface area contributed by atoms with Crippen molar-refractivity contribution in [2.75, 3.05) is 0 Å². The Hall–Kier alpha value is -1.96. The van der Waals surface area contributed by atoms with E-state index in [1.165, 1.54) is 36.8 Å². The number of aryl methyl sites for hydroxylation is 2. The largest absolute Gasteiger partial charge is 0.726 e. The van der Waals surface area contributed by atoms with E-state index < -0.39 is 20.8 Å². The molecule has 0 amide bonds. The van der Waals surface area contributed by atoms with Crippen LogP contribution in [-0.2, 0) is 33.9 Å². The minimum Gasteiger partial charge on any atom is -0.726 e. The molecule has 0 aliphatic carbocycles. The van der Waals surface area contributed by atoms with Crippen molar-refractivity contribution in [2.45, 2.75) is 52.6 Å². The van der Waals surface area contributed by atoms with E-state index in [-0.39, 0.29) is 0 Å². The van der Waals surface area contributed by atoms with Gasteiger partial charge >= 0.3 is 0 Å². The second-order valence-corrected chi connectivity index (χ2v) is 7.92. The van der Waals surface area contributed by atoms with E-state index in [0.29, 0.717) is 0 Å². The van der Waals surface area contributed by atoms with Crippen LogP contribution in [0.2, 0.25) is 0 Å². The third-order valence-electron chi connectivity index (χ3n) is 3.66. The molecule has 30 heavy (non-hydrogen) atoms. The summed E-state index contributed by atoms with van der Waals surface area (Å²) in [5.41, 5.74) is 2.58. The molecule has 2 aromatic rings. The summed E-state index contributed by atoms with van der Waals surface area (Å²) in [6.07, 6.45) is 13.7. The summed E-state index contributed by atoms with van der Waals surface area (Å²) in [7, 11) is -9.83. The molecule has 10 nitrogen and oxygen atoms in total. The summed E-state index contributed by atoms with van der Waals surface area (Å²) in [6.45, 7) is 6.69. The maximum Gasteiger partial charge on any atom is 0.215 e. The van der Waals surface area contributed by atoms with Gasteiger partial charge < -0.3 is 9.11 Å².